The molecule has 80 valence electrons. The van der Waals surface area contributed by atoms with Crippen molar-refractivity contribution in [2.75, 3.05) is 0 Å². The van der Waals surface area contributed by atoms with Crippen molar-refractivity contribution in [2.45, 2.75) is 19.4 Å². The fraction of sp³-hybridized carbons (Fsp3) is 0.444. The molecular formula is C9H14N6. The van der Waals surface area contributed by atoms with E-state index in [1.54, 1.807) is 12.5 Å². The summed E-state index contributed by atoms with van der Waals surface area (Å²) in [6.45, 7) is 1.90. The van der Waals surface area contributed by atoms with Gasteiger partial charge in [-0.05, 0) is 6.92 Å². The maximum absolute atomic E-state index is 6.03. The van der Waals surface area contributed by atoms with Crippen molar-refractivity contribution in [1.29, 1.82) is 0 Å². The van der Waals surface area contributed by atoms with Gasteiger partial charge in [0.15, 0.2) is 0 Å². The second-order valence-electron chi connectivity index (χ2n) is 3.55. The predicted octanol–water partition coefficient (Wildman–Crippen LogP) is 0.0891. The Bertz CT molecular complexity index is 429. The molecule has 6 nitrogen and oxygen atoms in total. The molecule has 0 aliphatic carbocycles. The van der Waals surface area contributed by atoms with Crippen molar-refractivity contribution >= 4 is 0 Å². The van der Waals surface area contributed by atoms with Crippen LogP contribution in [0.3, 0.4) is 0 Å². The monoisotopic (exact) mass is 206 g/mol. The second-order valence-corrected chi connectivity index (χ2v) is 3.55. The van der Waals surface area contributed by atoms with Crippen LogP contribution in [0.5, 0.6) is 0 Å². The van der Waals surface area contributed by atoms with Crippen LogP contribution in [0, 0.1) is 6.92 Å². The highest BCUT2D eigenvalue weighted by molar-refractivity contribution is 5.05. The number of hydrogen-bond acceptors (Lipinski definition) is 4. The van der Waals surface area contributed by atoms with Crippen LogP contribution < -0.4 is 5.73 Å². The van der Waals surface area contributed by atoms with E-state index in [-0.39, 0.29) is 6.04 Å². The molecule has 1 unspecified atom stereocenters. The highest BCUT2D eigenvalue weighted by Gasteiger charge is 2.14. The third kappa shape index (κ3) is 1.89. The molecule has 2 aromatic rings. The van der Waals surface area contributed by atoms with Gasteiger partial charge in [-0.2, -0.15) is 0 Å². The van der Waals surface area contributed by atoms with Crippen LogP contribution in [-0.4, -0.2) is 24.7 Å². The largest absolute Gasteiger partial charge is 0.348 e. The normalized spacial score (nSPS) is 13.0. The van der Waals surface area contributed by atoms with Crippen LogP contribution in [0.15, 0.2) is 12.5 Å². The van der Waals surface area contributed by atoms with Gasteiger partial charge < -0.3 is 15.3 Å². The molecule has 0 fully saturated rings. The van der Waals surface area contributed by atoms with Crippen molar-refractivity contribution in [2.24, 2.45) is 12.8 Å². The van der Waals surface area contributed by atoms with Crippen LogP contribution in [0.4, 0.5) is 0 Å². The van der Waals surface area contributed by atoms with Gasteiger partial charge in [0.05, 0.1) is 12.4 Å². The van der Waals surface area contributed by atoms with Gasteiger partial charge in [-0.25, -0.2) is 4.98 Å². The lowest BCUT2D eigenvalue weighted by molar-refractivity contribution is 0.619. The molecule has 0 radical (unpaired) electrons. The first kappa shape index (κ1) is 9.85. The minimum atomic E-state index is -0.156. The first-order valence-electron chi connectivity index (χ1n) is 4.77. The first-order chi connectivity index (χ1) is 7.18. The predicted molar refractivity (Wildman–Crippen MR) is 55.0 cm³/mol. The van der Waals surface area contributed by atoms with Gasteiger partial charge in [0.1, 0.15) is 11.6 Å². The van der Waals surface area contributed by atoms with E-state index in [1.807, 2.05) is 18.5 Å². The van der Waals surface area contributed by atoms with Gasteiger partial charge in [0, 0.05) is 25.4 Å². The van der Waals surface area contributed by atoms with E-state index in [4.69, 9.17) is 5.73 Å². The van der Waals surface area contributed by atoms with Gasteiger partial charge in [-0.1, -0.05) is 0 Å². The summed E-state index contributed by atoms with van der Waals surface area (Å²) < 4.78 is 1.90. The first-order valence-corrected chi connectivity index (χ1v) is 4.77. The fourth-order valence-electron chi connectivity index (χ4n) is 1.47. The Morgan fingerprint density at radius 1 is 1.53 bits per heavy atom. The zero-order valence-corrected chi connectivity index (χ0v) is 8.81. The zero-order chi connectivity index (χ0) is 10.8. The van der Waals surface area contributed by atoms with Crippen molar-refractivity contribution in [1.82, 2.24) is 24.7 Å². The van der Waals surface area contributed by atoms with Crippen molar-refractivity contribution in [3.63, 3.8) is 0 Å². The molecular weight excluding hydrogens is 192 g/mol. The number of hydrogen-bond donors (Lipinski definition) is 2. The Morgan fingerprint density at radius 2 is 2.33 bits per heavy atom. The quantitative estimate of drug-likeness (QED) is 0.745. The average molecular weight is 206 g/mol. The Balaban J connectivity index is 2.14. The maximum atomic E-state index is 6.03. The van der Waals surface area contributed by atoms with Gasteiger partial charge in [-0.15, -0.1) is 10.2 Å². The van der Waals surface area contributed by atoms with Crippen LogP contribution >= 0.6 is 0 Å². The lowest BCUT2D eigenvalue weighted by Gasteiger charge is -2.09. The molecule has 0 spiro atoms. The Kier molecular flexibility index (Phi) is 2.51. The summed E-state index contributed by atoms with van der Waals surface area (Å²) in [5.74, 6) is 1.66. The topological polar surface area (TPSA) is 85.4 Å². The van der Waals surface area contributed by atoms with Crippen molar-refractivity contribution in [3.05, 3.63) is 29.9 Å². The summed E-state index contributed by atoms with van der Waals surface area (Å²) >= 11 is 0. The second kappa shape index (κ2) is 3.82. The molecule has 6 heteroatoms. The molecule has 0 aromatic carbocycles. The van der Waals surface area contributed by atoms with Crippen molar-refractivity contribution in [3.8, 4) is 0 Å². The third-order valence-electron chi connectivity index (χ3n) is 2.45. The van der Waals surface area contributed by atoms with Gasteiger partial charge in [0.2, 0.25) is 0 Å². The molecule has 0 bridgehead atoms. The zero-order valence-electron chi connectivity index (χ0n) is 8.81. The minimum absolute atomic E-state index is 0.156. The van der Waals surface area contributed by atoms with Crippen LogP contribution in [0.25, 0.3) is 0 Å². The third-order valence-corrected chi connectivity index (χ3v) is 2.45. The van der Waals surface area contributed by atoms with Crippen LogP contribution in [0.1, 0.15) is 23.4 Å². The highest BCUT2D eigenvalue weighted by Crippen LogP contribution is 2.12. The summed E-state index contributed by atoms with van der Waals surface area (Å²) in [6.07, 6.45) is 4.10. The molecule has 2 heterocycles. The highest BCUT2D eigenvalue weighted by atomic mass is 15.3. The van der Waals surface area contributed by atoms with E-state index in [1.165, 1.54) is 0 Å². The molecule has 2 aromatic heterocycles. The Morgan fingerprint density at radius 3 is 2.87 bits per heavy atom. The number of nitrogens with two attached hydrogens (primary N) is 1. The van der Waals surface area contributed by atoms with Crippen LogP contribution in [0.2, 0.25) is 0 Å². The molecule has 0 aliphatic heterocycles. The number of nitrogens with one attached hydrogen (secondary N) is 1. The SMILES string of the molecule is Cc1nnc(C(N)Cc2cnc[nH]2)n1C. The number of H-pyrrole nitrogens is 1. The van der Waals surface area contributed by atoms with Gasteiger partial charge >= 0.3 is 0 Å². The van der Waals surface area contributed by atoms with Crippen molar-refractivity contribution < 1.29 is 0 Å². The molecule has 3 N–H and O–H groups in total. The summed E-state index contributed by atoms with van der Waals surface area (Å²) in [7, 11) is 1.91. The van der Waals surface area contributed by atoms with E-state index in [0.717, 1.165) is 17.3 Å². The Labute approximate surface area is 87.5 Å². The van der Waals surface area contributed by atoms with E-state index in [2.05, 4.69) is 20.2 Å². The standard InChI is InChI=1S/C9H14N6/c1-6-13-14-9(15(6)2)8(10)3-7-4-11-5-12-7/h4-5,8H,3,10H2,1-2H3,(H,11,12). The van der Waals surface area contributed by atoms with E-state index in [9.17, 15) is 0 Å². The lowest BCUT2D eigenvalue weighted by atomic mass is 10.1. The average Bonchev–Trinajstić information content (AvgIpc) is 2.79. The van der Waals surface area contributed by atoms with E-state index < -0.39 is 0 Å². The molecule has 0 amide bonds. The van der Waals surface area contributed by atoms with Gasteiger partial charge in [0.25, 0.3) is 0 Å². The van der Waals surface area contributed by atoms with E-state index in [0.29, 0.717) is 6.42 Å². The smallest absolute Gasteiger partial charge is 0.150 e. The summed E-state index contributed by atoms with van der Waals surface area (Å²) in [5.41, 5.74) is 7.03. The molecule has 2 rings (SSSR count). The fourth-order valence-corrected chi connectivity index (χ4v) is 1.47. The summed E-state index contributed by atoms with van der Waals surface area (Å²) in [4.78, 5) is 6.96. The van der Waals surface area contributed by atoms with Crippen LogP contribution in [-0.2, 0) is 13.5 Å². The molecule has 0 saturated heterocycles. The van der Waals surface area contributed by atoms with E-state index >= 15 is 0 Å². The summed E-state index contributed by atoms with van der Waals surface area (Å²) in [5, 5.41) is 8.02. The molecule has 0 aliphatic rings. The molecule has 0 saturated carbocycles. The number of rotatable bonds is 3. The minimum Gasteiger partial charge on any atom is -0.348 e. The summed E-state index contributed by atoms with van der Waals surface area (Å²) in [6, 6.07) is -0.156. The Hall–Kier alpha value is -1.69. The number of aromatic nitrogens is 5. The van der Waals surface area contributed by atoms with Gasteiger partial charge in [-0.3, -0.25) is 0 Å². The molecule has 1 atom stereocenters. The number of aryl methyl sites for hydroxylation is 1. The number of aromatic amines is 1. The lowest BCUT2D eigenvalue weighted by Crippen LogP contribution is -2.18. The number of imidazole rings is 1. The number of nitrogens with zero attached hydrogens (tertiary/aromatic N) is 4. The maximum Gasteiger partial charge on any atom is 0.150 e. The molecule has 15 heavy (non-hydrogen) atoms.